The number of hydrogen-bond acceptors (Lipinski definition) is 3. The number of sulfonamides is 1. The van der Waals surface area contributed by atoms with E-state index in [1.807, 2.05) is 0 Å². The summed E-state index contributed by atoms with van der Waals surface area (Å²) in [5.74, 6) is -5.82. The molecule has 1 aromatic rings. The number of aliphatic carboxylic acids is 1. The van der Waals surface area contributed by atoms with E-state index in [-0.39, 0.29) is 31.5 Å². The Morgan fingerprint density at radius 3 is 2.30 bits per heavy atom. The molecular weight excluding hydrogens is 299 g/mol. The zero-order valence-electron chi connectivity index (χ0n) is 10.0. The molecule has 9 heteroatoms. The summed E-state index contributed by atoms with van der Waals surface area (Å²) in [6.07, 6.45) is 0.319. The molecule has 1 aliphatic rings. The fraction of sp³-hybridized carbons (Fsp3) is 0.364. The summed E-state index contributed by atoms with van der Waals surface area (Å²) < 4.78 is 64.8. The van der Waals surface area contributed by atoms with E-state index in [4.69, 9.17) is 5.11 Å². The molecule has 0 aliphatic carbocycles. The molecule has 0 amide bonds. The molecule has 1 aliphatic heterocycles. The second-order valence-corrected chi connectivity index (χ2v) is 6.14. The average molecular weight is 309 g/mol. The molecule has 20 heavy (non-hydrogen) atoms. The summed E-state index contributed by atoms with van der Waals surface area (Å²) in [6, 6.07) is -0.896. The van der Waals surface area contributed by atoms with Crippen molar-refractivity contribution in [2.45, 2.75) is 23.8 Å². The van der Waals surface area contributed by atoms with Crippen LogP contribution in [0, 0.1) is 17.5 Å². The fourth-order valence-electron chi connectivity index (χ4n) is 2.17. The topological polar surface area (TPSA) is 74.7 Å². The van der Waals surface area contributed by atoms with Crippen LogP contribution in [0.25, 0.3) is 0 Å². The third kappa shape index (κ3) is 2.38. The lowest BCUT2D eigenvalue weighted by Gasteiger charge is -2.21. The Morgan fingerprint density at radius 2 is 1.80 bits per heavy atom. The fourth-order valence-corrected chi connectivity index (χ4v) is 3.91. The van der Waals surface area contributed by atoms with E-state index in [9.17, 15) is 26.4 Å². The van der Waals surface area contributed by atoms with Gasteiger partial charge in [0.25, 0.3) is 0 Å². The van der Waals surface area contributed by atoms with Crippen molar-refractivity contribution >= 4 is 16.0 Å². The van der Waals surface area contributed by atoms with Crippen molar-refractivity contribution in [1.29, 1.82) is 0 Å². The molecule has 0 unspecified atom stereocenters. The van der Waals surface area contributed by atoms with Gasteiger partial charge in [0.15, 0.2) is 4.90 Å². The third-order valence-electron chi connectivity index (χ3n) is 3.02. The van der Waals surface area contributed by atoms with Gasteiger partial charge in [0, 0.05) is 18.7 Å². The second kappa shape index (κ2) is 5.06. The van der Waals surface area contributed by atoms with Crippen LogP contribution < -0.4 is 0 Å². The van der Waals surface area contributed by atoms with Crippen molar-refractivity contribution in [3.63, 3.8) is 0 Å². The molecule has 0 bridgehead atoms. The van der Waals surface area contributed by atoms with E-state index in [0.29, 0.717) is 4.31 Å². The highest BCUT2D eigenvalue weighted by Gasteiger charge is 2.42. The van der Waals surface area contributed by atoms with Crippen LogP contribution in [-0.2, 0) is 14.8 Å². The molecule has 1 heterocycles. The smallest absolute Gasteiger partial charge is 0.322 e. The number of nitrogens with zero attached hydrogens (tertiary/aromatic N) is 1. The Labute approximate surface area is 112 Å². The number of hydrogen-bond donors (Lipinski definition) is 1. The highest BCUT2D eigenvalue weighted by molar-refractivity contribution is 7.89. The van der Waals surface area contributed by atoms with E-state index in [0.717, 1.165) is 0 Å². The van der Waals surface area contributed by atoms with Gasteiger partial charge in [-0.05, 0) is 12.8 Å². The Balaban J connectivity index is 2.54. The van der Waals surface area contributed by atoms with E-state index >= 15 is 0 Å². The van der Waals surface area contributed by atoms with Crippen LogP contribution >= 0.6 is 0 Å². The van der Waals surface area contributed by atoms with Crippen LogP contribution in [0.3, 0.4) is 0 Å². The Morgan fingerprint density at radius 1 is 1.25 bits per heavy atom. The zero-order valence-corrected chi connectivity index (χ0v) is 10.8. The highest BCUT2D eigenvalue weighted by atomic mass is 32.2. The summed E-state index contributed by atoms with van der Waals surface area (Å²) in [5, 5.41) is 8.92. The van der Waals surface area contributed by atoms with Gasteiger partial charge in [-0.2, -0.15) is 4.31 Å². The molecule has 1 saturated heterocycles. The van der Waals surface area contributed by atoms with Gasteiger partial charge in [0.05, 0.1) is 0 Å². The predicted molar refractivity (Wildman–Crippen MR) is 60.9 cm³/mol. The van der Waals surface area contributed by atoms with Crippen molar-refractivity contribution in [1.82, 2.24) is 4.31 Å². The van der Waals surface area contributed by atoms with Crippen LogP contribution in [-0.4, -0.2) is 36.4 Å². The van der Waals surface area contributed by atoms with Gasteiger partial charge in [-0.1, -0.05) is 0 Å². The zero-order chi connectivity index (χ0) is 15.1. The largest absolute Gasteiger partial charge is 0.480 e. The van der Waals surface area contributed by atoms with Crippen molar-refractivity contribution in [2.24, 2.45) is 0 Å². The molecule has 2 rings (SSSR count). The first-order valence-corrected chi connectivity index (χ1v) is 7.08. The minimum atomic E-state index is -4.68. The minimum absolute atomic E-state index is 0.0546. The minimum Gasteiger partial charge on any atom is -0.480 e. The maximum atomic E-state index is 13.6. The Bertz CT molecular complexity index is 639. The lowest BCUT2D eigenvalue weighted by atomic mass is 10.2. The molecular formula is C11H10F3NO4S. The maximum absolute atomic E-state index is 13.6. The van der Waals surface area contributed by atoms with Gasteiger partial charge in [-0.25, -0.2) is 21.6 Å². The van der Waals surface area contributed by atoms with Gasteiger partial charge < -0.3 is 5.11 Å². The highest BCUT2D eigenvalue weighted by Crippen LogP contribution is 2.29. The first-order chi connectivity index (χ1) is 9.25. The van der Waals surface area contributed by atoms with E-state index < -0.39 is 44.4 Å². The normalized spacial score (nSPS) is 20.2. The number of carbonyl (C=O) groups is 1. The average Bonchev–Trinajstić information content (AvgIpc) is 2.75. The molecule has 1 atom stereocenters. The van der Waals surface area contributed by atoms with Gasteiger partial charge in [0.2, 0.25) is 10.0 Å². The third-order valence-corrected chi connectivity index (χ3v) is 4.98. The summed E-state index contributed by atoms with van der Waals surface area (Å²) >= 11 is 0. The molecule has 0 aromatic heterocycles. The van der Waals surface area contributed by atoms with E-state index in [1.165, 1.54) is 0 Å². The first-order valence-electron chi connectivity index (χ1n) is 5.64. The molecule has 0 saturated carbocycles. The Kier molecular flexibility index (Phi) is 3.74. The molecule has 1 fully saturated rings. The van der Waals surface area contributed by atoms with Crippen LogP contribution in [0.2, 0.25) is 0 Å². The molecule has 0 radical (unpaired) electrons. The van der Waals surface area contributed by atoms with Gasteiger partial charge in [0.1, 0.15) is 23.5 Å². The van der Waals surface area contributed by atoms with Gasteiger partial charge >= 0.3 is 5.97 Å². The van der Waals surface area contributed by atoms with E-state index in [2.05, 4.69) is 0 Å². The number of carboxylic acid groups (broad SMARTS) is 1. The molecule has 1 N–H and O–H groups in total. The molecule has 1 aromatic carbocycles. The molecule has 5 nitrogen and oxygen atoms in total. The first kappa shape index (κ1) is 14.8. The summed E-state index contributed by atoms with van der Waals surface area (Å²) in [7, 11) is -4.68. The number of rotatable bonds is 3. The van der Waals surface area contributed by atoms with Crippen LogP contribution in [0.5, 0.6) is 0 Å². The van der Waals surface area contributed by atoms with Crippen LogP contribution in [0.4, 0.5) is 13.2 Å². The van der Waals surface area contributed by atoms with Crippen molar-refractivity contribution in [3.8, 4) is 0 Å². The summed E-state index contributed by atoms with van der Waals surface area (Å²) in [5.41, 5.74) is 0. The van der Waals surface area contributed by atoms with Crippen molar-refractivity contribution < 1.29 is 31.5 Å². The monoisotopic (exact) mass is 309 g/mol. The quantitative estimate of drug-likeness (QED) is 0.914. The van der Waals surface area contributed by atoms with Crippen molar-refractivity contribution in [2.75, 3.05) is 6.54 Å². The van der Waals surface area contributed by atoms with E-state index in [1.54, 1.807) is 0 Å². The summed E-state index contributed by atoms with van der Waals surface area (Å²) in [6.45, 7) is -0.157. The lowest BCUT2D eigenvalue weighted by molar-refractivity contribution is -0.140. The van der Waals surface area contributed by atoms with Gasteiger partial charge in [-0.3, -0.25) is 4.79 Å². The van der Waals surface area contributed by atoms with Crippen molar-refractivity contribution in [3.05, 3.63) is 29.6 Å². The maximum Gasteiger partial charge on any atom is 0.322 e. The summed E-state index contributed by atoms with van der Waals surface area (Å²) in [4.78, 5) is 9.63. The van der Waals surface area contributed by atoms with Crippen LogP contribution in [0.1, 0.15) is 12.8 Å². The molecule has 0 spiro atoms. The second-order valence-electron chi connectivity index (χ2n) is 4.31. The number of carboxylic acids is 1. The molecule has 110 valence electrons. The lowest BCUT2D eigenvalue weighted by Crippen LogP contribution is -2.41. The SMILES string of the molecule is O=C(O)[C@@H]1CCCN1S(=O)(=O)c1c(F)cc(F)cc1F. The standard InChI is InChI=1S/C11H10F3NO4S/c12-6-4-7(13)10(8(14)5-6)20(18,19)15-3-1-2-9(15)11(16)17/h4-5,9H,1-3H2,(H,16,17)/t9-/m0/s1. The van der Waals surface area contributed by atoms with Crippen LogP contribution in [0.15, 0.2) is 17.0 Å². The number of halogens is 3. The predicted octanol–water partition coefficient (Wildman–Crippen LogP) is 1.34. The Hall–Kier alpha value is -1.61. The van der Waals surface area contributed by atoms with Gasteiger partial charge in [-0.15, -0.1) is 0 Å². The number of benzene rings is 1.